The van der Waals surface area contributed by atoms with E-state index in [2.05, 4.69) is 0 Å². The average Bonchev–Trinajstić information content (AvgIpc) is 1.62. The highest BCUT2D eigenvalue weighted by Gasteiger charge is 2.35. The second-order valence-electron chi connectivity index (χ2n) is 1.13. The van der Waals surface area contributed by atoms with Gasteiger partial charge >= 0.3 is 5.97 Å². The van der Waals surface area contributed by atoms with Gasteiger partial charge in [0.15, 0.2) is 0 Å². The molecule has 6 heteroatoms. The molecule has 0 aromatic rings. The Labute approximate surface area is 65.5 Å². The lowest BCUT2D eigenvalue weighted by molar-refractivity contribution is -0.148. The molecule has 0 aliphatic carbocycles. The summed E-state index contributed by atoms with van der Waals surface area (Å²) in [5.74, 6) is -3.21. The molecule has 52 valence electrons. The minimum absolute atomic E-state index is 1.45. The number of carbonyl (C=O) groups is 2. The number of alkyl halides is 3. The third-order valence-corrected chi connectivity index (χ3v) is 0.967. The predicted molar refractivity (Wildman–Crippen MR) is 32.9 cm³/mol. The summed E-state index contributed by atoms with van der Waals surface area (Å²) in [6.45, 7) is 0. The lowest BCUT2D eigenvalue weighted by atomic mass is 10.5. The van der Waals surface area contributed by atoms with Gasteiger partial charge in [-0.05, 0) is 0 Å². The molecule has 0 rings (SSSR count). The van der Waals surface area contributed by atoms with E-state index in [1.807, 2.05) is 0 Å². The number of carbonyl (C=O) groups excluding carboxylic acids is 1. The van der Waals surface area contributed by atoms with Crippen LogP contribution in [0.5, 0.6) is 0 Å². The van der Waals surface area contributed by atoms with Crippen molar-refractivity contribution in [3.8, 4) is 0 Å². The molecule has 0 aliphatic rings. The summed E-state index contributed by atoms with van der Waals surface area (Å²) in [5.41, 5.74) is 0. The Morgan fingerprint density at radius 3 is 1.56 bits per heavy atom. The Morgan fingerprint density at radius 1 is 1.22 bits per heavy atom. The second kappa shape index (κ2) is 2.73. The highest BCUT2D eigenvalue weighted by atomic mass is 35.6. The van der Waals surface area contributed by atoms with Gasteiger partial charge in [-0.1, -0.05) is 34.8 Å². The fraction of sp³-hybridized carbons (Fsp3) is 0.333. The van der Waals surface area contributed by atoms with E-state index in [4.69, 9.17) is 39.9 Å². The fourth-order valence-corrected chi connectivity index (χ4v) is 0.364. The van der Waals surface area contributed by atoms with Gasteiger partial charge in [-0.2, -0.15) is 0 Å². The Balaban J connectivity index is 4.23. The minimum Gasteiger partial charge on any atom is -0.475 e. The van der Waals surface area contributed by atoms with Crippen molar-refractivity contribution in [3.05, 3.63) is 0 Å². The van der Waals surface area contributed by atoms with Crippen molar-refractivity contribution in [2.45, 2.75) is 3.79 Å². The number of hydrogen-bond acceptors (Lipinski definition) is 2. The molecule has 0 amide bonds. The Morgan fingerprint density at radius 2 is 1.56 bits per heavy atom. The number of halogens is 3. The molecular weight excluding hydrogens is 190 g/mol. The number of Topliss-reactive ketones (excluding diaryl/α,β-unsaturated/α-hetero) is 1. The zero-order valence-corrected chi connectivity index (χ0v) is 6.17. The minimum atomic E-state index is -2.34. The predicted octanol–water partition coefficient (Wildman–Crippen LogP) is 1.01. The van der Waals surface area contributed by atoms with Crippen LogP contribution in [-0.2, 0) is 9.59 Å². The zero-order chi connectivity index (χ0) is 7.65. The fourth-order valence-electron chi connectivity index (χ4n) is 0.121. The third-order valence-electron chi connectivity index (χ3n) is 0.452. The Hall–Kier alpha value is 0.01000. The summed E-state index contributed by atoms with van der Waals surface area (Å²) in [7, 11) is 0. The van der Waals surface area contributed by atoms with Crippen LogP contribution in [0.3, 0.4) is 0 Å². The highest BCUT2D eigenvalue weighted by molar-refractivity contribution is 6.81. The van der Waals surface area contributed by atoms with E-state index >= 15 is 0 Å². The van der Waals surface area contributed by atoms with Gasteiger partial charge in [0.2, 0.25) is 0 Å². The van der Waals surface area contributed by atoms with Crippen molar-refractivity contribution in [3.63, 3.8) is 0 Å². The van der Waals surface area contributed by atoms with Crippen LogP contribution in [0.25, 0.3) is 0 Å². The summed E-state index contributed by atoms with van der Waals surface area (Å²) < 4.78 is -2.34. The first kappa shape index (κ1) is 9.01. The van der Waals surface area contributed by atoms with E-state index in [9.17, 15) is 9.59 Å². The number of rotatable bonds is 1. The standard InChI is InChI=1S/C3HCl3O3/c4-3(5,6)1(7)2(8)9/h(H,8,9). The van der Waals surface area contributed by atoms with Gasteiger partial charge in [0.25, 0.3) is 9.58 Å². The third kappa shape index (κ3) is 2.89. The molecule has 0 bridgehead atoms. The van der Waals surface area contributed by atoms with Gasteiger partial charge < -0.3 is 5.11 Å². The van der Waals surface area contributed by atoms with Crippen molar-refractivity contribution in [1.82, 2.24) is 0 Å². The van der Waals surface area contributed by atoms with E-state index in [0.717, 1.165) is 0 Å². The smallest absolute Gasteiger partial charge is 0.376 e. The van der Waals surface area contributed by atoms with Crippen LogP contribution in [-0.4, -0.2) is 20.7 Å². The molecule has 0 saturated heterocycles. The van der Waals surface area contributed by atoms with E-state index < -0.39 is 15.5 Å². The van der Waals surface area contributed by atoms with Crippen LogP contribution in [0, 0.1) is 0 Å². The second-order valence-corrected chi connectivity index (χ2v) is 3.41. The maximum atomic E-state index is 10.2. The molecular formula is C3HCl3O3. The molecule has 0 heterocycles. The first-order valence-electron chi connectivity index (χ1n) is 1.70. The van der Waals surface area contributed by atoms with Crippen LogP contribution < -0.4 is 0 Å². The molecule has 0 saturated carbocycles. The van der Waals surface area contributed by atoms with Crippen molar-refractivity contribution in [1.29, 1.82) is 0 Å². The van der Waals surface area contributed by atoms with E-state index in [1.165, 1.54) is 0 Å². The quantitative estimate of drug-likeness (QED) is 0.497. The largest absolute Gasteiger partial charge is 0.475 e. The average molecular weight is 191 g/mol. The molecule has 3 nitrogen and oxygen atoms in total. The topological polar surface area (TPSA) is 54.4 Å². The van der Waals surface area contributed by atoms with Crippen LogP contribution in [0.4, 0.5) is 0 Å². The van der Waals surface area contributed by atoms with Crippen molar-refractivity contribution in [2.24, 2.45) is 0 Å². The molecule has 1 N–H and O–H groups in total. The molecule has 0 atom stereocenters. The van der Waals surface area contributed by atoms with Crippen LogP contribution in [0.2, 0.25) is 0 Å². The van der Waals surface area contributed by atoms with Gasteiger partial charge in [0.05, 0.1) is 0 Å². The van der Waals surface area contributed by atoms with Crippen molar-refractivity contribution >= 4 is 46.6 Å². The zero-order valence-electron chi connectivity index (χ0n) is 3.90. The van der Waals surface area contributed by atoms with Gasteiger partial charge in [0.1, 0.15) is 0 Å². The van der Waals surface area contributed by atoms with E-state index in [-0.39, 0.29) is 0 Å². The highest BCUT2D eigenvalue weighted by Crippen LogP contribution is 2.26. The Kier molecular flexibility index (Phi) is 2.73. The van der Waals surface area contributed by atoms with E-state index in [0.29, 0.717) is 0 Å². The van der Waals surface area contributed by atoms with Crippen LogP contribution >= 0.6 is 34.8 Å². The molecule has 0 aromatic carbocycles. The maximum Gasteiger partial charge on any atom is 0.376 e. The summed E-state index contributed by atoms with van der Waals surface area (Å²) in [6, 6.07) is 0. The van der Waals surface area contributed by atoms with Gasteiger partial charge in [-0.15, -0.1) is 0 Å². The molecule has 0 radical (unpaired) electrons. The molecule has 0 fully saturated rings. The van der Waals surface area contributed by atoms with Crippen LogP contribution in [0.15, 0.2) is 0 Å². The maximum absolute atomic E-state index is 10.2. The molecule has 9 heavy (non-hydrogen) atoms. The summed E-state index contributed by atoms with van der Waals surface area (Å²) >= 11 is 14.6. The van der Waals surface area contributed by atoms with Gasteiger partial charge in [-0.3, -0.25) is 4.79 Å². The molecule has 0 aliphatic heterocycles. The van der Waals surface area contributed by atoms with Crippen molar-refractivity contribution < 1.29 is 14.7 Å². The van der Waals surface area contributed by atoms with E-state index in [1.54, 1.807) is 0 Å². The first-order chi connectivity index (χ1) is 3.85. The molecule has 0 spiro atoms. The summed E-state index contributed by atoms with van der Waals surface area (Å²) in [4.78, 5) is 19.9. The number of aliphatic carboxylic acids is 1. The first-order valence-corrected chi connectivity index (χ1v) is 2.83. The SMILES string of the molecule is O=C(O)C(=O)C(Cl)(Cl)Cl. The number of ketones is 1. The van der Waals surface area contributed by atoms with Gasteiger partial charge in [-0.25, -0.2) is 4.79 Å². The lowest BCUT2D eigenvalue weighted by Gasteiger charge is -2.02. The lowest BCUT2D eigenvalue weighted by Crippen LogP contribution is -2.27. The normalized spacial score (nSPS) is 11.0. The molecule has 0 aromatic heterocycles. The number of hydrogen-bond donors (Lipinski definition) is 1. The van der Waals surface area contributed by atoms with Gasteiger partial charge in [0, 0.05) is 0 Å². The Bertz CT molecular complexity index is 147. The monoisotopic (exact) mass is 190 g/mol. The van der Waals surface area contributed by atoms with Crippen molar-refractivity contribution in [2.75, 3.05) is 0 Å². The summed E-state index contributed by atoms with van der Waals surface area (Å²) in [5, 5.41) is 7.91. The number of carboxylic acid groups (broad SMARTS) is 1. The number of carboxylic acids is 1. The molecule has 0 unspecified atom stereocenters. The summed E-state index contributed by atoms with van der Waals surface area (Å²) in [6.07, 6.45) is 0. The van der Waals surface area contributed by atoms with Crippen LogP contribution in [0.1, 0.15) is 0 Å².